The monoisotopic (exact) mass is 379 g/mol. The van der Waals surface area contributed by atoms with E-state index in [4.69, 9.17) is 5.73 Å². The van der Waals surface area contributed by atoms with Crippen LogP contribution in [-0.4, -0.2) is 17.4 Å². The van der Waals surface area contributed by atoms with Crippen molar-refractivity contribution in [2.75, 3.05) is 6.54 Å². The molecule has 2 aromatic rings. The molecule has 3 N–H and O–H groups in total. The third-order valence-electron chi connectivity index (χ3n) is 4.08. The first kappa shape index (κ1) is 15.6. The first-order chi connectivity index (χ1) is 10.6. The Kier molecular flexibility index (Phi) is 4.61. The molecule has 1 fully saturated rings. The zero-order chi connectivity index (χ0) is 15.6. The van der Waals surface area contributed by atoms with Gasteiger partial charge >= 0.3 is 0 Å². The van der Waals surface area contributed by atoms with Gasteiger partial charge in [0.1, 0.15) is 5.69 Å². The average Bonchev–Trinajstić information content (AvgIpc) is 2.92. The van der Waals surface area contributed by atoms with Gasteiger partial charge in [0.15, 0.2) is 0 Å². The van der Waals surface area contributed by atoms with Crippen LogP contribution in [-0.2, 0) is 12.0 Å². The second kappa shape index (κ2) is 6.48. The van der Waals surface area contributed by atoms with Gasteiger partial charge in [-0.25, -0.2) is 4.98 Å². The molecule has 0 saturated heterocycles. The van der Waals surface area contributed by atoms with Crippen molar-refractivity contribution in [2.24, 2.45) is 5.73 Å². The van der Waals surface area contributed by atoms with Crippen LogP contribution in [0.3, 0.4) is 0 Å². The lowest BCUT2D eigenvalue weighted by Crippen LogP contribution is -2.50. The number of thiazole rings is 1. The van der Waals surface area contributed by atoms with Crippen LogP contribution in [0.4, 0.5) is 0 Å². The molecule has 1 amide bonds. The highest BCUT2D eigenvalue weighted by Crippen LogP contribution is 2.42. The van der Waals surface area contributed by atoms with Gasteiger partial charge in [0.25, 0.3) is 5.91 Å². The van der Waals surface area contributed by atoms with Gasteiger partial charge in [-0.1, -0.05) is 28.1 Å². The van der Waals surface area contributed by atoms with E-state index in [1.54, 1.807) is 0 Å². The number of aromatic nitrogens is 1. The fraction of sp³-hybridized carbons (Fsp3) is 0.375. The van der Waals surface area contributed by atoms with Crippen LogP contribution < -0.4 is 11.1 Å². The number of carbonyl (C=O) groups is 1. The van der Waals surface area contributed by atoms with E-state index in [2.05, 4.69) is 38.4 Å². The molecule has 0 radical (unpaired) electrons. The quantitative estimate of drug-likeness (QED) is 0.837. The number of nitrogens with two attached hydrogens (primary N) is 1. The summed E-state index contributed by atoms with van der Waals surface area (Å²) in [5.41, 5.74) is 6.93. The Hall–Kier alpha value is -1.24. The van der Waals surface area contributed by atoms with Gasteiger partial charge in [-0.05, 0) is 43.5 Å². The summed E-state index contributed by atoms with van der Waals surface area (Å²) in [6.45, 7) is 0.552. The maximum atomic E-state index is 12.5. The largest absolute Gasteiger partial charge is 0.341 e. The highest BCUT2D eigenvalue weighted by Gasteiger charge is 2.40. The second-order valence-electron chi connectivity index (χ2n) is 5.57. The minimum absolute atomic E-state index is 0.0980. The van der Waals surface area contributed by atoms with Crippen molar-refractivity contribution in [3.8, 4) is 0 Å². The molecule has 1 heterocycles. The van der Waals surface area contributed by atoms with Gasteiger partial charge < -0.3 is 11.1 Å². The fourth-order valence-electron chi connectivity index (χ4n) is 2.74. The van der Waals surface area contributed by atoms with Crippen LogP contribution in [0.2, 0.25) is 0 Å². The molecule has 3 rings (SSSR count). The Morgan fingerprint density at radius 1 is 1.45 bits per heavy atom. The predicted octanol–water partition coefficient (Wildman–Crippen LogP) is 3.22. The Bertz CT molecular complexity index is 682. The molecular weight excluding hydrogens is 362 g/mol. The minimum Gasteiger partial charge on any atom is -0.341 e. The summed E-state index contributed by atoms with van der Waals surface area (Å²) < 4.78 is 1.03. The van der Waals surface area contributed by atoms with Crippen molar-refractivity contribution in [1.29, 1.82) is 0 Å². The van der Waals surface area contributed by atoms with Crippen LogP contribution in [0.25, 0.3) is 0 Å². The summed E-state index contributed by atoms with van der Waals surface area (Å²) in [6, 6.07) is 8.16. The van der Waals surface area contributed by atoms with Crippen molar-refractivity contribution in [1.82, 2.24) is 10.3 Å². The van der Waals surface area contributed by atoms with Crippen LogP contribution >= 0.6 is 27.3 Å². The zero-order valence-corrected chi connectivity index (χ0v) is 14.5. The summed E-state index contributed by atoms with van der Waals surface area (Å²) in [5, 5.41) is 5.93. The molecule has 6 heteroatoms. The van der Waals surface area contributed by atoms with E-state index in [0.29, 0.717) is 18.7 Å². The highest BCUT2D eigenvalue weighted by atomic mass is 79.9. The summed E-state index contributed by atoms with van der Waals surface area (Å²) in [4.78, 5) is 16.9. The normalized spacial score (nSPS) is 16.1. The van der Waals surface area contributed by atoms with E-state index in [1.807, 2.05) is 17.5 Å². The maximum Gasteiger partial charge on any atom is 0.271 e. The number of nitrogens with one attached hydrogen (secondary N) is 1. The van der Waals surface area contributed by atoms with Gasteiger partial charge in [0.05, 0.1) is 10.5 Å². The Morgan fingerprint density at radius 2 is 2.27 bits per heavy atom. The standard InChI is InChI=1S/C16H18BrN3OS/c17-12-4-1-3-11(9-12)16(6-2-7-16)20-15(21)13-10-22-14(19-13)5-8-18/h1,3-4,9-10H,2,5-8,18H2,(H,20,21). The van der Waals surface area contributed by atoms with Crippen molar-refractivity contribution >= 4 is 33.2 Å². The first-order valence-corrected chi connectivity index (χ1v) is 9.03. The highest BCUT2D eigenvalue weighted by molar-refractivity contribution is 9.10. The van der Waals surface area contributed by atoms with E-state index in [0.717, 1.165) is 34.3 Å². The number of nitrogens with zero attached hydrogens (tertiary/aromatic N) is 1. The fourth-order valence-corrected chi connectivity index (χ4v) is 3.93. The summed E-state index contributed by atoms with van der Waals surface area (Å²) in [5.74, 6) is -0.0980. The third-order valence-corrected chi connectivity index (χ3v) is 5.48. The topological polar surface area (TPSA) is 68.0 Å². The lowest BCUT2D eigenvalue weighted by atomic mass is 9.71. The molecule has 22 heavy (non-hydrogen) atoms. The first-order valence-electron chi connectivity index (χ1n) is 7.36. The average molecular weight is 380 g/mol. The van der Waals surface area contributed by atoms with Crippen molar-refractivity contribution < 1.29 is 4.79 Å². The molecule has 1 saturated carbocycles. The molecule has 1 aromatic carbocycles. The number of carbonyl (C=O) groups excluding carboxylic acids is 1. The Balaban J connectivity index is 1.78. The SMILES string of the molecule is NCCc1nc(C(=O)NC2(c3cccc(Br)c3)CCC2)cs1. The number of hydrogen-bond acceptors (Lipinski definition) is 4. The van der Waals surface area contributed by atoms with Crippen molar-refractivity contribution in [2.45, 2.75) is 31.2 Å². The van der Waals surface area contributed by atoms with Gasteiger partial charge in [-0.3, -0.25) is 4.79 Å². The molecule has 1 aromatic heterocycles. The van der Waals surface area contributed by atoms with Crippen molar-refractivity contribution in [3.63, 3.8) is 0 Å². The van der Waals surface area contributed by atoms with Gasteiger partial charge in [0.2, 0.25) is 0 Å². The van der Waals surface area contributed by atoms with Crippen LogP contribution in [0.5, 0.6) is 0 Å². The molecule has 4 nitrogen and oxygen atoms in total. The van der Waals surface area contributed by atoms with Crippen molar-refractivity contribution in [3.05, 3.63) is 50.4 Å². The summed E-state index contributed by atoms with van der Waals surface area (Å²) >= 11 is 5.00. The minimum atomic E-state index is -0.251. The molecule has 0 unspecified atom stereocenters. The molecule has 1 aliphatic rings. The van der Waals surface area contributed by atoms with Crippen LogP contribution in [0.15, 0.2) is 34.1 Å². The van der Waals surface area contributed by atoms with Gasteiger partial charge in [0, 0.05) is 16.3 Å². The second-order valence-corrected chi connectivity index (χ2v) is 7.42. The molecule has 1 aliphatic carbocycles. The lowest BCUT2D eigenvalue weighted by molar-refractivity contribution is 0.0818. The van der Waals surface area contributed by atoms with E-state index in [9.17, 15) is 4.79 Å². The van der Waals surface area contributed by atoms with E-state index < -0.39 is 0 Å². The Labute approximate surface area is 142 Å². The number of amides is 1. The zero-order valence-electron chi connectivity index (χ0n) is 12.1. The van der Waals surface area contributed by atoms with Gasteiger partial charge in [-0.2, -0.15) is 0 Å². The van der Waals surface area contributed by atoms with Crippen LogP contribution in [0, 0.1) is 0 Å². The number of hydrogen-bond donors (Lipinski definition) is 2. The molecule has 0 aliphatic heterocycles. The number of halogens is 1. The number of rotatable bonds is 5. The van der Waals surface area contributed by atoms with Gasteiger partial charge in [-0.15, -0.1) is 11.3 Å². The van der Waals surface area contributed by atoms with E-state index >= 15 is 0 Å². The molecule has 0 atom stereocenters. The van der Waals surface area contributed by atoms with E-state index in [-0.39, 0.29) is 11.4 Å². The van der Waals surface area contributed by atoms with E-state index in [1.165, 1.54) is 11.3 Å². The summed E-state index contributed by atoms with van der Waals surface area (Å²) in [7, 11) is 0. The lowest BCUT2D eigenvalue weighted by Gasteiger charge is -2.43. The van der Waals surface area contributed by atoms with Crippen LogP contribution in [0.1, 0.15) is 40.3 Å². The third kappa shape index (κ3) is 3.09. The summed E-state index contributed by atoms with van der Waals surface area (Å²) in [6.07, 6.45) is 3.78. The smallest absolute Gasteiger partial charge is 0.271 e. The molecule has 0 bridgehead atoms. The maximum absolute atomic E-state index is 12.5. The molecule has 0 spiro atoms. The molecule has 116 valence electrons. The Morgan fingerprint density at radius 3 is 2.91 bits per heavy atom. The molecular formula is C16H18BrN3OS. The predicted molar refractivity (Wildman–Crippen MR) is 92.0 cm³/mol. The number of benzene rings is 1.